The number of nitrogens with two attached hydrogens (primary N) is 1. The first-order chi connectivity index (χ1) is 4.75. The van der Waals surface area contributed by atoms with Crippen LogP contribution in [0.1, 0.15) is 11.5 Å². The third kappa shape index (κ3) is 1.29. The van der Waals surface area contributed by atoms with Crippen molar-refractivity contribution in [2.24, 2.45) is 5.90 Å². The summed E-state index contributed by atoms with van der Waals surface area (Å²) in [5.41, 5.74) is 0.647. The lowest BCUT2D eigenvalue weighted by Gasteiger charge is -1.89. The first-order valence-electron chi connectivity index (χ1n) is 2.68. The van der Waals surface area contributed by atoms with E-state index in [1.165, 1.54) is 0 Å². The van der Waals surface area contributed by atoms with Gasteiger partial charge in [-0.05, 0) is 6.92 Å². The molecule has 0 aliphatic rings. The van der Waals surface area contributed by atoms with Gasteiger partial charge in [-0.15, -0.1) is 0 Å². The molecule has 1 aromatic heterocycles. The van der Waals surface area contributed by atoms with Crippen LogP contribution in [0.4, 0.5) is 0 Å². The third-order valence-electron chi connectivity index (χ3n) is 1.07. The number of nitrogens with zero attached hydrogens (tertiary/aromatic N) is 1. The molecule has 1 heterocycles. The summed E-state index contributed by atoms with van der Waals surface area (Å²) in [4.78, 5) is 4.30. The molecule has 0 atom stereocenters. The highest BCUT2D eigenvalue weighted by atomic mass is 35.5. The van der Waals surface area contributed by atoms with Gasteiger partial charge in [0.05, 0.1) is 5.69 Å². The monoisotopic (exact) mass is 162 g/mol. The Labute approximate surface area is 62.8 Å². The number of rotatable bonds is 2. The highest BCUT2D eigenvalue weighted by Crippen LogP contribution is 2.19. The standard InChI is InChI=1S/C5H7ClN2O2/c1-3-5(6)4(2-9-7)10-8-3/h2,7H2,1H3. The van der Waals surface area contributed by atoms with Crippen molar-refractivity contribution in [1.29, 1.82) is 0 Å². The molecule has 0 aliphatic heterocycles. The minimum atomic E-state index is 0.152. The van der Waals surface area contributed by atoms with Crippen LogP contribution in [0, 0.1) is 6.92 Å². The molecule has 0 amide bonds. The van der Waals surface area contributed by atoms with Crippen molar-refractivity contribution in [2.75, 3.05) is 0 Å². The summed E-state index contributed by atoms with van der Waals surface area (Å²) in [5.74, 6) is 5.25. The SMILES string of the molecule is Cc1noc(CON)c1Cl. The molecule has 0 spiro atoms. The van der Waals surface area contributed by atoms with Crippen LogP contribution in [0.15, 0.2) is 4.52 Å². The van der Waals surface area contributed by atoms with Gasteiger partial charge in [0.15, 0.2) is 5.76 Å². The maximum Gasteiger partial charge on any atom is 0.183 e. The van der Waals surface area contributed by atoms with Crippen LogP contribution in [-0.2, 0) is 11.4 Å². The van der Waals surface area contributed by atoms with Crippen molar-refractivity contribution < 1.29 is 9.36 Å². The second-order valence-electron chi connectivity index (χ2n) is 1.82. The minimum Gasteiger partial charge on any atom is -0.357 e. The second kappa shape index (κ2) is 3.01. The average molecular weight is 163 g/mol. The fourth-order valence-electron chi connectivity index (χ4n) is 0.571. The van der Waals surface area contributed by atoms with Crippen LogP contribution in [0.2, 0.25) is 5.02 Å². The molecule has 0 fully saturated rings. The summed E-state index contributed by atoms with van der Waals surface area (Å²) in [5, 5.41) is 4.07. The molecule has 2 N–H and O–H groups in total. The summed E-state index contributed by atoms with van der Waals surface area (Å²) < 4.78 is 4.75. The van der Waals surface area contributed by atoms with Crippen LogP contribution in [-0.4, -0.2) is 5.16 Å². The smallest absolute Gasteiger partial charge is 0.183 e. The molecule has 56 valence electrons. The summed E-state index contributed by atoms with van der Waals surface area (Å²) in [7, 11) is 0. The Morgan fingerprint density at radius 3 is 2.90 bits per heavy atom. The molecule has 0 radical (unpaired) electrons. The molecule has 0 saturated heterocycles. The average Bonchev–Trinajstić information content (AvgIpc) is 2.20. The van der Waals surface area contributed by atoms with E-state index in [0.29, 0.717) is 16.5 Å². The number of hydrogen-bond donors (Lipinski definition) is 1. The maximum absolute atomic E-state index is 5.70. The lowest BCUT2D eigenvalue weighted by atomic mass is 10.4. The van der Waals surface area contributed by atoms with E-state index in [2.05, 4.69) is 9.99 Å². The van der Waals surface area contributed by atoms with Crippen LogP contribution in [0.3, 0.4) is 0 Å². The Balaban J connectivity index is 2.83. The number of aromatic nitrogens is 1. The van der Waals surface area contributed by atoms with Gasteiger partial charge in [0.1, 0.15) is 11.6 Å². The Morgan fingerprint density at radius 1 is 1.80 bits per heavy atom. The lowest BCUT2D eigenvalue weighted by molar-refractivity contribution is 0.103. The minimum absolute atomic E-state index is 0.152. The zero-order valence-electron chi connectivity index (χ0n) is 5.43. The van der Waals surface area contributed by atoms with Gasteiger partial charge in [-0.25, -0.2) is 5.90 Å². The van der Waals surface area contributed by atoms with Gasteiger partial charge in [-0.2, -0.15) is 0 Å². The fourth-order valence-corrected chi connectivity index (χ4v) is 0.694. The molecule has 10 heavy (non-hydrogen) atoms. The van der Waals surface area contributed by atoms with Crippen molar-refractivity contribution in [3.05, 3.63) is 16.5 Å². The van der Waals surface area contributed by atoms with Crippen LogP contribution >= 0.6 is 11.6 Å². The first-order valence-corrected chi connectivity index (χ1v) is 3.06. The van der Waals surface area contributed by atoms with Gasteiger partial charge in [-0.1, -0.05) is 16.8 Å². The molecule has 4 nitrogen and oxygen atoms in total. The van der Waals surface area contributed by atoms with Crippen molar-refractivity contribution in [3.8, 4) is 0 Å². The number of hydrogen-bond acceptors (Lipinski definition) is 4. The normalized spacial score (nSPS) is 10.3. The summed E-state index contributed by atoms with van der Waals surface area (Å²) in [6.45, 7) is 1.89. The molecular weight excluding hydrogens is 156 g/mol. The van der Waals surface area contributed by atoms with E-state index in [-0.39, 0.29) is 6.61 Å². The highest BCUT2D eigenvalue weighted by molar-refractivity contribution is 6.31. The number of aryl methyl sites for hydroxylation is 1. The van der Waals surface area contributed by atoms with E-state index in [0.717, 1.165) is 0 Å². The van der Waals surface area contributed by atoms with Gasteiger partial charge in [0.2, 0.25) is 0 Å². The molecule has 1 rings (SSSR count). The van der Waals surface area contributed by atoms with E-state index in [1.807, 2.05) is 0 Å². The predicted molar refractivity (Wildman–Crippen MR) is 35.2 cm³/mol. The second-order valence-corrected chi connectivity index (χ2v) is 2.19. The highest BCUT2D eigenvalue weighted by Gasteiger charge is 2.08. The van der Waals surface area contributed by atoms with Crippen molar-refractivity contribution in [2.45, 2.75) is 13.5 Å². The lowest BCUT2D eigenvalue weighted by Crippen LogP contribution is -1.97. The van der Waals surface area contributed by atoms with Gasteiger partial charge in [0, 0.05) is 0 Å². The molecule has 5 heteroatoms. The van der Waals surface area contributed by atoms with E-state index in [4.69, 9.17) is 22.0 Å². The van der Waals surface area contributed by atoms with Gasteiger partial charge >= 0.3 is 0 Å². The van der Waals surface area contributed by atoms with Crippen LogP contribution < -0.4 is 5.90 Å². The van der Waals surface area contributed by atoms with E-state index in [1.54, 1.807) is 6.92 Å². The van der Waals surface area contributed by atoms with Crippen molar-refractivity contribution in [3.63, 3.8) is 0 Å². The maximum atomic E-state index is 5.70. The Kier molecular flexibility index (Phi) is 2.26. The fraction of sp³-hybridized carbons (Fsp3) is 0.400. The molecule has 0 aliphatic carbocycles. The zero-order chi connectivity index (χ0) is 7.56. The summed E-state index contributed by atoms with van der Waals surface area (Å²) >= 11 is 5.70. The van der Waals surface area contributed by atoms with E-state index in [9.17, 15) is 0 Å². The van der Waals surface area contributed by atoms with E-state index < -0.39 is 0 Å². The molecule has 0 bridgehead atoms. The molecule has 0 unspecified atom stereocenters. The van der Waals surface area contributed by atoms with Gasteiger partial charge < -0.3 is 4.52 Å². The summed E-state index contributed by atoms with van der Waals surface area (Å²) in [6, 6.07) is 0. The zero-order valence-corrected chi connectivity index (χ0v) is 6.18. The topological polar surface area (TPSA) is 61.3 Å². The van der Waals surface area contributed by atoms with Crippen molar-refractivity contribution in [1.82, 2.24) is 5.16 Å². The Bertz CT molecular complexity index is 223. The van der Waals surface area contributed by atoms with Gasteiger partial charge in [0.25, 0.3) is 0 Å². The van der Waals surface area contributed by atoms with Crippen LogP contribution in [0.5, 0.6) is 0 Å². The third-order valence-corrected chi connectivity index (χ3v) is 1.55. The van der Waals surface area contributed by atoms with Gasteiger partial charge in [-0.3, -0.25) is 4.84 Å². The Morgan fingerprint density at radius 2 is 2.50 bits per heavy atom. The van der Waals surface area contributed by atoms with Crippen LogP contribution in [0.25, 0.3) is 0 Å². The van der Waals surface area contributed by atoms with E-state index >= 15 is 0 Å². The quantitative estimate of drug-likeness (QED) is 0.660. The molecular formula is C5H7ClN2O2. The molecule has 0 saturated carbocycles. The first kappa shape index (κ1) is 7.53. The molecule has 1 aromatic rings. The number of halogens is 1. The molecule has 0 aromatic carbocycles. The Hall–Kier alpha value is -0.580. The predicted octanol–water partition coefficient (Wildman–Crippen LogP) is 1.03. The largest absolute Gasteiger partial charge is 0.357 e. The summed E-state index contributed by atoms with van der Waals surface area (Å²) in [6.07, 6.45) is 0. The van der Waals surface area contributed by atoms with Crippen molar-refractivity contribution >= 4 is 11.6 Å².